The number of nitrogens with zero attached hydrogens (tertiary/aromatic N) is 1. The Morgan fingerprint density at radius 1 is 0.889 bits per heavy atom. The summed E-state index contributed by atoms with van der Waals surface area (Å²) in [6.07, 6.45) is 7.67. The molecular formula is C32H27ClN2O. The van der Waals surface area contributed by atoms with E-state index in [9.17, 15) is 0 Å². The number of anilines is 1. The molecule has 0 amide bonds. The van der Waals surface area contributed by atoms with E-state index < -0.39 is 0 Å². The molecule has 1 heterocycles. The predicted octanol–water partition coefficient (Wildman–Crippen LogP) is 8.50. The van der Waals surface area contributed by atoms with E-state index in [1.54, 1.807) is 0 Å². The molecule has 1 aliphatic carbocycles. The van der Waals surface area contributed by atoms with Crippen LogP contribution in [-0.2, 0) is 6.61 Å². The van der Waals surface area contributed by atoms with Crippen LogP contribution in [-0.4, -0.2) is 6.21 Å². The first kappa shape index (κ1) is 22.6. The maximum Gasteiger partial charge on any atom is 0.128 e. The van der Waals surface area contributed by atoms with Crippen molar-refractivity contribution in [3.8, 4) is 5.75 Å². The van der Waals surface area contributed by atoms with Crippen LogP contribution in [0, 0.1) is 5.92 Å². The van der Waals surface area contributed by atoms with Gasteiger partial charge in [-0.15, -0.1) is 0 Å². The number of hydrogen-bond acceptors (Lipinski definition) is 3. The number of aliphatic imine (C=N–C) groups is 1. The van der Waals surface area contributed by atoms with Crippen molar-refractivity contribution >= 4 is 29.2 Å². The van der Waals surface area contributed by atoms with Crippen molar-refractivity contribution in [2.75, 3.05) is 5.32 Å². The Kier molecular flexibility index (Phi) is 6.31. The lowest BCUT2D eigenvalue weighted by molar-refractivity contribution is 0.306. The number of hydrogen-bond donors (Lipinski definition) is 1. The fourth-order valence-electron chi connectivity index (χ4n) is 5.27. The quantitative estimate of drug-likeness (QED) is 0.217. The Labute approximate surface area is 217 Å². The van der Waals surface area contributed by atoms with E-state index >= 15 is 0 Å². The van der Waals surface area contributed by atoms with Gasteiger partial charge in [-0.1, -0.05) is 84.4 Å². The van der Waals surface area contributed by atoms with E-state index in [-0.39, 0.29) is 6.04 Å². The molecule has 4 heteroatoms. The van der Waals surface area contributed by atoms with Crippen molar-refractivity contribution in [3.05, 3.63) is 136 Å². The summed E-state index contributed by atoms with van der Waals surface area (Å²) in [6, 6.07) is 33.2. The van der Waals surface area contributed by atoms with Gasteiger partial charge in [-0.3, -0.25) is 4.99 Å². The van der Waals surface area contributed by atoms with Crippen LogP contribution in [0.25, 0.3) is 0 Å². The number of allylic oxidation sites excluding steroid dienone is 2. The molecule has 4 aromatic carbocycles. The molecule has 0 fully saturated rings. The second kappa shape index (κ2) is 10.0. The Balaban J connectivity index is 1.18. The van der Waals surface area contributed by atoms with Gasteiger partial charge in [-0.05, 0) is 59.9 Å². The Morgan fingerprint density at radius 3 is 2.56 bits per heavy atom. The zero-order chi connectivity index (χ0) is 24.3. The molecule has 0 spiro atoms. The lowest BCUT2D eigenvalue weighted by Crippen LogP contribution is -2.28. The molecule has 178 valence electrons. The van der Waals surface area contributed by atoms with Crippen LogP contribution in [0.5, 0.6) is 5.75 Å². The normalized spacial score (nSPS) is 20.1. The van der Waals surface area contributed by atoms with Crippen LogP contribution in [0.4, 0.5) is 11.4 Å². The van der Waals surface area contributed by atoms with E-state index in [0.717, 1.165) is 29.0 Å². The number of nitrogens with one attached hydrogen (secondary N) is 1. The minimum atomic E-state index is 0.289. The Hall–Kier alpha value is -3.82. The summed E-state index contributed by atoms with van der Waals surface area (Å²) >= 11 is 6.28. The summed E-state index contributed by atoms with van der Waals surface area (Å²) in [5, 5.41) is 4.50. The summed E-state index contributed by atoms with van der Waals surface area (Å²) < 4.78 is 6.07. The smallest absolute Gasteiger partial charge is 0.128 e. The van der Waals surface area contributed by atoms with Crippen LogP contribution in [0.1, 0.15) is 40.6 Å². The molecule has 1 N–H and O–H groups in total. The minimum absolute atomic E-state index is 0.289. The van der Waals surface area contributed by atoms with Gasteiger partial charge in [0.2, 0.25) is 0 Å². The van der Waals surface area contributed by atoms with E-state index in [1.807, 2.05) is 54.7 Å². The summed E-state index contributed by atoms with van der Waals surface area (Å²) in [6.45, 7) is 0.410. The second-order valence-electron chi connectivity index (χ2n) is 9.33. The highest BCUT2D eigenvalue weighted by Crippen LogP contribution is 2.49. The third-order valence-electron chi connectivity index (χ3n) is 7.14. The van der Waals surface area contributed by atoms with Crippen LogP contribution in [0.15, 0.2) is 114 Å². The lowest BCUT2D eigenvalue weighted by atomic mass is 9.77. The van der Waals surface area contributed by atoms with Gasteiger partial charge in [0.1, 0.15) is 12.4 Å². The van der Waals surface area contributed by atoms with E-state index in [4.69, 9.17) is 21.3 Å². The molecule has 0 saturated carbocycles. The Morgan fingerprint density at radius 2 is 1.67 bits per heavy atom. The van der Waals surface area contributed by atoms with Crippen LogP contribution < -0.4 is 10.1 Å². The highest BCUT2D eigenvalue weighted by atomic mass is 35.5. The van der Waals surface area contributed by atoms with Crippen LogP contribution >= 0.6 is 11.6 Å². The summed E-state index contributed by atoms with van der Waals surface area (Å²) in [5.74, 6) is 1.80. The lowest BCUT2D eigenvalue weighted by Gasteiger charge is -2.37. The summed E-state index contributed by atoms with van der Waals surface area (Å²) in [4.78, 5) is 4.73. The molecular weight excluding hydrogens is 464 g/mol. The van der Waals surface area contributed by atoms with Crippen molar-refractivity contribution in [1.29, 1.82) is 0 Å². The van der Waals surface area contributed by atoms with Gasteiger partial charge in [0, 0.05) is 34.0 Å². The van der Waals surface area contributed by atoms with Crippen molar-refractivity contribution in [2.45, 2.75) is 25.0 Å². The number of rotatable bonds is 6. The summed E-state index contributed by atoms with van der Waals surface area (Å²) in [5.41, 5.74) is 6.75. The standard InChI is InChI=1S/C32H27ClN2O/c33-29-13-4-1-9-24(29)21-36-31-15-6-2-8-23(31)20-34-25-18-16-22(17-19-25)32-28-12-7-11-26(28)27-10-3-5-14-30(27)35-32/h1-11,13-20,26,28,32,35H,12,21H2/t26-,28-,32+/m1/s1. The maximum absolute atomic E-state index is 6.28. The van der Waals surface area contributed by atoms with Gasteiger partial charge in [0.25, 0.3) is 0 Å². The fourth-order valence-corrected chi connectivity index (χ4v) is 5.47. The number of benzene rings is 4. The molecule has 1 aliphatic heterocycles. The molecule has 0 bridgehead atoms. The van der Waals surface area contributed by atoms with E-state index in [1.165, 1.54) is 16.8 Å². The van der Waals surface area contributed by atoms with Crippen molar-refractivity contribution < 1.29 is 4.74 Å². The second-order valence-corrected chi connectivity index (χ2v) is 9.74. The predicted molar refractivity (Wildman–Crippen MR) is 149 cm³/mol. The fraction of sp³-hybridized carbons (Fsp3) is 0.156. The van der Waals surface area contributed by atoms with Crippen LogP contribution in [0.3, 0.4) is 0 Å². The van der Waals surface area contributed by atoms with Crippen LogP contribution in [0.2, 0.25) is 5.02 Å². The highest BCUT2D eigenvalue weighted by Gasteiger charge is 2.37. The molecule has 3 nitrogen and oxygen atoms in total. The molecule has 0 saturated heterocycles. The third kappa shape index (κ3) is 4.55. The highest BCUT2D eigenvalue weighted by molar-refractivity contribution is 6.31. The third-order valence-corrected chi connectivity index (χ3v) is 7.51. The van der Waals surface area contributed by atoms with E-state index in [0.29, 0.717) is 23.5 Å². The number of para-hydroxylation sites is 2. The molecule has 0 aromatic heterocycles. The minimum Gasteiger partial charge on any atom is -0.488 e. The first-order valence-corrected chi connectivity index (χ1v) is 12.8. The van der Waals surface area contributed by atoms with Crippen molar-refractivity contribution in [1.82, 2.24) is 0 Å². The Bertz CT molecular complexity index is 1430. The number of fused-ring (bicyclic) bond motifs is 3. The zero-order valence-electron chi connectivity index (χ0n) is 19.8. The van der Waals surface area contributed by atoms with Crippen molar-refractivity contribution in [3.63, 3.8) is 0 Å². The SMILES string of the molecule is Clc1ccccc1COc1ccccc1C=Nc1ccc([C@@H]2Nc3ccccc3[C@H]3C=CC[C@H]32)cc1. The first-order valence-electron chi connectivity index (χ1n) is 12.4. The van der Waals surface area contributed by atoms with Gasteiger partial charge >= 0.3 is 0 Å². The van der Waals surface area contributed by atoms with Crippen molar-refractivity contribution in [2.24, 2.45) is 10.9 Å². The molecule has 4 aromatic rings. The number of ether oxygens (including phenoxy) is 1. The van der Waals surface area contributed by atoms with Gasteiger partial charge in [0.05, 0.1) is 11.7 Å². The van der Waals surface area contributed by atoms with Gasteiger partial charge in [0.15, 0.2) is 0 Å². The molecule has 0 radical (unpaired) electrons. The largest absolute Gasteiger partial charge is 0.488 e. The van der Waals surface area contributed by atoms with E-state index in [2.05, 4.69) is 66.0 Å². The topological polar surface area (TPSA) is 33.6 Å². The molecule has 36 heavy (non-hydrogen) atoms. The average molecular weight is 491 g/mol. The number of halogens is 1. The van der Waals surface area contributed by atoms with Gasteiger partial charge in [-0.25, -0.2) is 0 Å². The monoisotopic (exact) mass is 490 g/mol. The maximum atomic E-state index is 6.28. The van der Waals surface area contributed by atoms with Gasteiger partial charge < -0.3 is 10.1 Å². The molecule has 2 aliphatic rings. The first-order chi connectivity index (χ1) is 17.8. The molecule has 6 rings (SSSR count). The zero-order valence-corrected chi connectivity index (χ0v) is 20.6. The average Bonchev–Trinajstić information content (AvgIpc) is 3.42. The summed E-state index contributed by atoms with van der Waals surface area (Å²) in [7, 11) is 0. The van der Waals surface area contributed by atoms with Gasteiger partial charge in [-0.2, -0.15) is 0 Å². The molecule has 3 atom stereocenters. The molecule has 0 unspecified atom stereocenters.